The molecule has 0 amide bonds. The van der Waals surface area contributed by atoms with Crippen molar-refractivity contribution in [2.45, 2.75) is 40.3 Å². The number of benzene rings is 1. The molecule has 24 heavy (non-hydrogen) atoms. The Labute approximate surface area is 142 Å². The van der Waals surface area contributed by atoms with Crippen molar-refractivity contribution in [3.05, 3.63) is 59.3 Å². The largest absolute Gasteiger partial charge is 0.369 e. The van der Waals surface area contributed by atoms with Gasteiger partial charge in [-0.1, -0.05) is 6.92 Å². The van der Waals surface area contributed by atoms with E-state index in [4.69, 9.17) is 0 Å². The van der Waals surface area contributed by atoms with E-state index in [0.29, 0.717) is 6.54 Å². The Morgan fingerprint density at radius 1 is 1.12 bits per heavy atom. The van der Waals surface area contributed by atoms with Crippen molar-refractivity contribution in [3.8, 4) is 0 Å². The number of hydrogen-bond donors (Lipinski definition) is 0. The molecule has 0 radical (unpaired) electrons. The highest BCUT2D eigenvalue weighted by atomic mass is 19.1. The lowest BCUT2D eigenvalue weighted by atomic mass is 10.1. The summed E-state index contributed by atoms with van der Waals surface area (Å²) >= 11 is 0. The summed E-state index contributed by atoms with van der Waals surface area (Å²) in [7, 11) is 2.01. The molecule has 0 aliphatic rings. The number of aryl methyl sites for hydroxylation is 2. The van der Waals surface area contributed by atoms with Gasteiger partial charge in [0.1, 0.15) is 5.82 Å². The van der Waals surface area contributed by atoms with Gasteiger partial charge in [0.25, 0.3) is 0 Å². The van der Waals surface area contributed by atoms with Crippen LogP contribution in [0.15, 0.2) is 36.5 Å². The van der Waals surface area contributed by atoms with Crippen LogP contribution in [0.3, 0.4) is 0 Å². The Kier molecular flexibility index (Phi) is 4.56. The summed E-state index contributed by atoms with van der Waals surface area (Å²) in [6.45, 7) is 8.24. The molecule has 0 saturated heterocycles. The standard InChI is InChI=1S/C20H24FN3/c1-5-12-24-15(3)14(2)18-10-11-22-19(20(18)24)13-23(4)17-8-6-16(21)7-9-17/h6-11H,5,12-13H2,1-4H3. The monoisotopic (exact) mass is 325 g/mol. The first kappa shape index (κ1) is 16.5. The molecule has 0 aliphatic carbocycles. The summed E-state index contributed by atoms with van der Waals surface area (Å²) in [5.74, 6) is -0.213. The van der Waals surface area contributed by atoms with Crippen LogP contribution < -0.4 is 4.90 Å². The van der Waals surface area contributed by atoms with Crippen LogP contribution in [0.2, 0.25) is 0 Å². The molecular weight excluding hydrogens is 301 g/mol. The first-order valence-corrected chi connectivity index (χ1v) is 8.43. The average molecular weight is 325 g/mol. The van der Waals surface area contributed by atoms with Crippen molar-refractivity contribution in [1.82, 2.24) is 9.55 Å². The zero-order valence-corrected chi connectivity index (χ0v) is 14.8. The molecule has 0 unspecified atom stereocenters. The maximum Gasteiger partial charge on any atom is 0.123 e. The van der Waals surface area contributed by atoms with Gasteiger partial charge in [-0.05, 0) is 56.2 Å². The molecule has 2 aromatic heterocycles. The highest BCUT2D eigenvalue weighted by molar-refractivity contribution is 5.87. The molecule has 1 aromatic carbocycles. The normalized spacial score (nSPS) is 11.2. The van der Waals surface area contributed by atoms with Crippen molar-refractivity contribution in [2.24, 2.45) is 0 Å². The smallest absolute Gasteiger partial charge is 0.123 e. The number of halogens is 1. The minimum Gasteiger partial charge on any atom is -0.369 e. The molecule has 0 atom stereocenters. The molecule has 0 aliphatic heterocycles. The van der Waals surface area contributed by atoms with Crippen molar-refractivity contribution < 1.29 is 4.39 Å². The number of aromatic nitrogens is 2. The quantitative estimate of drug-likeness (QED) is 0.669. The summed E-state index contributed by atoms with van der Waals surface area (Å²) in [5, 5.41) is 1.28. The van der Waals surface area contributed by atoms with Crippen LogP contribution in [0, 0.1) is 19.7 Å². The fourth-order valence-corrected chi connectivity index (χ4v) is 3.30. The molecule has 2 heterocycles. The number of nitrogens with zero attached hydrogens (tertiary/aromatic N) is 3. The first-order valence-electron chi connectivity index (χ1n) is 8.43. The second kappa shape index (κ2) is 6.63. The third-order valence-corrected chi connectivity index (χ3v) is 4.72. The van der Waals surface area contributed by atoms with E-state index in [1.807, 2.05) is 13.2 Å². The number of fused-ring (bicyclic) bond motifs is 1. The second-order valence-corrected chi connectivity index (χ2v) is 6.35. The Bertz CT molecular complexity index is 849. The van der Waals surface area contributed by atoms with Crippen molar-refractivity contribution >= 4 is 16.6 Å². The molecule has 0 saturated carbocycles. The zero-order chi connectivity index (χ0) is 17.3. The van der Waals surface area contributed by atoms with Crippen LogP contribution in [0.4, 0.5) is 10.1 Å². The minimum atomic E-state index is -0.213. The third-order valence-electron chi connectivity index (χ3n) is 4.72. The predicted octanol–water partition coefficient (Wildman–Crippen LogP) is 4.84. The maximum atomic E-state index is 13.1. The molecular formula is C20H24FN3. The maximum absolute atomic E-state index is 13.1. The number of anilines is 1. The van der Waals surface area contributed by atoms with Gasteiger partial charge in [0.05, 0.1) is 17.8 Å². The first-order chi connectivity index (χ1) is 11.5. The predicted molar refractivity (Wildman–Crippen MR) is 98.0 cm³/mol. The fraction of sp³-hybridized carbons (Fsp3) is 0.350. The Morgan fingerprint density at radius 3 is 2.50 bits per heavy atom. The van der Waals surface area contributed by atoms with Crippen LogP contribution in [-0.4, -0.2) is 16.6 Å². The highest BCUT2D eigenvalue weighted by Crippen LogP contribution is 2.28. The van der Waals surface area contributed by atoms with E-state index < -0.39 is 0 Å². The molecule has 0 bridgehead atoms. The summed E-state index contributed by atoms with van der Waals surface area (Å²) in [6.07, 6.45) is 2.98. The SMILES string of the molecule is CCCn1c(C)c(C)c2ccnc(CN(C)c3ccc(F)cc3)c21. The topological polar surface area (TPSA) is 21.1 Å². The van der Waals surface area contributed by atoms with E-state index in [9.17, 15) is 4.39 Å². The van der Waals surface area contributed by atoms with E-state index in [2.05, 4.69) is 41.3 Å². The number of rotatable bonds is 5. The van der Waals surface area contributed by atoms with E-state index >= 15 is 0 Å². The lowest BCUT2D eigenvalue weighted by Gasteiger charge is -2.20. The lowest BCUT2D eigenvalue weighted by Crippen LogP contribution is -2.18. The van der Waals surface area contributed by atoms with Gasteiger partial charge < -0.3 is 9.47 Å². The molecule has 0 spiro atoms. The number of hydrogen-bond acceptors (Lipinski definition) is 2. The van der Waals surface area contributed by atoms with E-state index in [0.717, 1.165) is 24.3 Å². The van der Waals surface area contributed by atoms with E-state index in [1.54, 1.807) is 12.1 Å². The van der Waals surface area contributed by atoms with Gasteiger partial charge in [-0.25, -0.2) is 4.39 Å². The van der Waals surface area contributed by atoms with Crippen molar-refractivity contribution in [2.75, 3.05) is 11.9 Å². The number of pyridine rings is 1. The van der Waals surface area contributed by atoms with E-state index in [1.165, 1.54) is 34.3 Å². The molecule has 0 fully saturated rings. The van der Waals surface area contributed by atoms with Crippen LogP contribution >= 0.6 is 0 Å². The van der Waals surface area contributed by atoms with Crippen molar-refractivity contribution in [3.63, 3.8) is 0 Å². The van der Waals surface area contributed by atoms with Gasteiger partial charge >= 0.3 is 0 Å². The summed E-state index contributed by atoms with van der Waals surface area (Å²) in [4.78, 5) is 6.76. The van der Waals surface area contributed by atoms with Gasteiger partial charge in [0.2, 0.25) is 0 Å². The van der Waals surface area contributed by atoms with Gasteiger partial charge in [0.15, 0.2) is 0 Å². The molecule has 4 heteroatoms. The summed E-state index contributed by atoms with van der Waals surface area (Å²) in [6, 6.07) is 8.70. The van der Waals surface area contributed by atoms with Crippen molar-refractivity contribution in [1.29, 1.82) is 0 Å². The minimum absolute atomic E-state index is 0.213. The zero-order valence-electron chi connectivity index (χ0n) is 14.8. The Balaban J connectivity index is 2.03. The fourth-order valence-electron chi connectivity index (χ4n) is 3.30. The van der Waals surface area contributed by atoms with Crippen LogP contribution in [0.25, 0.3) is 10.9 Å². The van der Waals surface area contributed by atoms with Crippen LogP contribution in [0.5, 0.6) is 0 Å². The van der Waals surface area contributed by atoms with Gasteiger partial charge in [-0.15, -0.1) is 0 Å². The molecule has 3 aromatic rings. The van der Waals surface area contributed by atoms with Gasteiger partial charge in [-0.2, -0.15) is 0 Å². The second-order valence-electron chi connectivity index (χ2n) is 6.35. The Morgan fingerprint density at radius 2 is 1.83 bits per heavy atom. The Hall–Kier alpha value is -2.36. The molecule has 126 valence electrons. The summed E-state index contributed by atoms with van der Waals surface area (Å²) in [5.41, 5.74) is 5.90. The third kappa shape index (κ3) is 2.88. The summed E-state index contributed by atoms with van der Waals surface area (Å²) < 4.78 is 15.5. The highest BCUT2D eigenvalue weighted by Gasteiger charge is 2.16. The van der Waals surface area contributed by atoms with Crippen LogP contribution in [0.1, 0.15) is 30.3 Å². The lowest BCUT2D eigenvalue weighted by molar-refractivity contribution is 0.627. The average Bonchev–Trinajstić information content (AvgIpc) is 2.82. The molecule has 0 N–H and O–H groups in total. The van der Waals surface area contributed by atoms with Gasteiger partial charge in [-0.3, -0.25) is 4.98 Å². The molecule has 3 rings (SSSR count). The molecule has 3 nitrogen and oxygen atoms in total. The van der Waals surface area contributed by atoms with Gasteiger partial charge in [0, 0.05) is 36.6 Å². The van der Waals surface area contributed by atoms with E-state index in [-0.39, 0.29) is 5.82 Å². The van der Waals surface area contributed by atoms with Crippen LogP contribution in [-0.2, 0) is 13.1 Å².